The maximum atomic E-state index is 11.9. The molecule has 2 rings (SSSR count). The lowest BCUT2D eigenvalue weighted by molar-refractivity contribution is -0.117. The van der Waals surface area contributed by atoms with Crippen LogP contribution in [0.5, 0.6) is 5.75 Å². The lowest BCUT2D eigenvalue weighted by Gasteiger charge is -2.17. The number of benzene rings is 1. The first kappa shape index (κ1) is 21.0. The third kappa shape index (κ3) is 6.48. The molecule has 1 unspecified atom stereocenters. The number of halogens is 1. The summed E-state index contributed by atoms with van der Waals surface area (Å²) >= 11 is 10.2. The van der Waals surface area contributed by atoms with Crippen LogP contribution in [0.4, 0.5) is 0 Å². The predicted molar refractivity (Wildman–Crippen MR) is 112 cm³/mol. The highest BCUT2D eigenvalue weighted by Gasteiger charge is 2.19. The van der Waals surface area contributed by atoms with Crippen LogP contribution in [0.25, 0.3) is 10.9 Å². The van der Waals surface area contributed by atoms with Gasteiger partial charge in [-0.3, -0.25) is 9.78 Å². The molecule has 142 valence electrons. The molecule has 5 heteroatoms. The van der Waals surface area contributed by atoms with Crippen molar-refractivity contribution >= 4 is 40.2 Å². The number of hydrogen-bond donors (Lipinski definition) is 1. The maximum Gasteiger partial charge on any atom is 0.226 e. The number of thiol groups is 1. The average molecular weight is 394 g/mol. The Bertz CT molecular complexity index is 707. The van der Waals surface area contributed by atoms with E-state index in [2.05, 4.69) is 24.5 Å². The van der Waals surface area contributed by atoms with Gasteiger partial charge in [0.05, 0.1) is 5.02 Å². The summed E-state index contributed by atoms with van der Waals surface area (Å²) in [5.74, 6) is 0.581. The van der Waals surface area contributed by atoms with E-state index >= 15 is 0 Å². The highest BCUT2D eigenvalue weighted by molar-refractivity contribution is 7.96. The lowest BCUT2D eigenvalue weighted by Crippen LogP contribution is -2.23. The molecule has 1 aromatic carbocycles. The summed E-state index contributed by atoms with van der Waals surface area (Å²) in [5.41, 5.74) is 0.676. The quantitative estimate of drug-likeness (QED) is 0.325. The van der Waals surface area contributed by atoms with Crippen LogP contribution in [0.15, 0.2) is 30.5 Å². The van der Waals surface area contributed by atoms with Crippen LogP contribution in [-0.4, -0.2) is 16.2 Å². The van der Waals surface area contributed by atoms with E-state index in [4.69, 9.17) is 16.3 Å². The van der Waals surface area contributed by atoms with E-state index in [-0.39, 0.29) is 5.12 Å². The fraction of sp³-hybridized carbons (Fsp3) is 0.524. The number of hydrogen-bond acceptors (Lipinski definition) is 3. The number of unbranched alkanes of at least 4 members (excludes halogenated alkanes) is 7. The molecule has 26 heavy (non-hydrogen) atoms. The molecular formula is C21H28ClNO2S. The van der Waals surface area contributed by atoms with Crippen LogP contribution >= 0.6 is 24.2 Å². The average Bonchev–Trinajstić information content (AvgIpc) is 2.64. The third-order valence-corrected chi connectivity index (χ3v) is 5.16. The molecule has 1 heterocycles. The Kier molecular flexibility index (Phi) is 9.27. The molecule has 2 aromatic rings. The fourth-order valence-electron chi connectivity index (χ4n) is 3.06. The molecule has 0 aliphatic heterocycles. The van der Waals surface area contributed by atoms with Crippen molar-refractivity contribution in [2.24, 2.45) is 0 Å². The second kappa shape index (κ2) is 11.5. The third-order valence-electron chi connectivity index (χ3n) is 4.54. The van der Waals surface area contributed by atoms with Crippen molar-refractivity contribution in [1.29, 1.82) is 0 Å². The smallest absolute Gasteiger partial charge is 0.226 e. The molecule has 0 aliphatic rings. The van der Waals surface area contributed by atoms with E-state index in [1.165, 1.54) is 38.5 Å². The van der Waals surface area contributed by atoms with Gasteiger partial charge in [0.2, 0.25) is 5.12 Å². The van der Waals surface area contributed by atoms with Crippen molar-refractivity contribution in [3.63, 3.8) is 0 Å². The Labute approximate surface area is 166 Å². The zero-order chi connectivity index (χ0) is 18.8. The largest absolute Gasteiger partial charge is 0.479 e. The first-order valence-corrected chi connectivity index (χ1v) is 10.4. The second-order valence-corrected chi connectivity index (χ2v) is 7.50. The van der Waals surface area contributed by atoms with Gasteiger partial charge in [-0.05, 0) is 37.1 Å². The van der Waals surface area contributed by atoms with E-state index in [9.17, 15) is 4.79 Å². The number of ether oxygens (including phenoxy) is 1. The van der Waals surface area contributed by atoms with Crippen molar-refractivity contribution in [3.05, 3.63) is 35.5 Å². The van der Waals surface area contributed by atoms with Gasteiger partial charge in [-0.15, -0.1) is 12.6 Å². The van der Waals surface area contributed by atoms with Crippen LogP contribution in [0.1, 0.15) is 64.7 Å². The molecular weight excluding hydrogens is 366 g/mol. The molecule has 0 spiro atoms. The van der Waals surface area contributed by atoms with Crippen molar-refractivity contribution in [3.8, 4) is 5.75 Å². The number of carbonyl (C=O) groups is 1. The van der Waals surface area contributed by atoms with Crippen molar-refractivity contribution in [2.45, 2.75) is 70.8 Å². The Morgan fingerprint density at radius 3 is 2.50 bits per heavy atom. The second-order valence-electron chi connectivity index (χ2n) is 6.65. The van der Waals surface area contributed by atoms with Crippen LogP contribution in [0.3, 0.4) is 0 Å². The summed E-state index contributed by atoms with van der Waals surface area (Å²) in [5, 5.41) is 1.20. The number of carbonyl (C=O) groups excluding carboxylic acids is 1. The highest BCUT2D eigenvalue weighted by atomic mass is 35.5. The summed E-state index contributed by atoms with van der Waals surface area (Å²) in [7, 11) is 0. The molecule has 0 fully saturated rings. The monoisotopic (exact) mass is 393 g/mol. The van der Waals surface area contributed by atoms with Crippen molar-refractivity contribution in [2.75, 3.05) is 0 Å². The van der Waals surface area contributed by atoms with Gasteiger partial charge in [0.25, 0.3) is 0 Å². The first-order chi connectivity index (χ1) is 12.6. The normalized spacial score (nSPS) is 12.3. The standard InChI is InChI=1S/C21H28ClNO2S/c1-2-3-4-5-6-7-8-9-12-19(21(24)26)25-18-14-13-17(22)16-11-10-15-23-20(16)18/h10-11,13-15,19H,2-9,12H2,1H3,(H,24,26). The molecule has 0 saturated carbocycles. The van der Waals surface area contributed by atoms with E-state index < -0.39 is 6.10 Å². The molecule has 3 nitrogen and oxygen atoms in total. The van der Waals surface area contributed by atoms with Crippen LogP contribution in [0, 0.1) is 0 Å². The highest BCUT2D eigenvalue weighted by Crippen LogP contribution is 2.31. The van der Waals surface area contributed by atoms with Gasteiger partial charge in [-0.1, -0.05) is 63.5 Å². The number of aromatic nitrogens is 1. The summed E-state index contributed by atoms with van der Waals surface area (Å²) < 4.78 is 5.96. The number of nitrogens with zero attached hydrogens (tertiary/aromatic N) is 1. The van der Waals surface area contributed by atoms with Gasteiger partial charge < -0.3 is 4.74 Å². The molecule has 0 N–H and O–H groups in total. The van der Waals surface area contributed by atoms with Crippen LogP contribution in [0.2, 0.25) is 5.02 Å². The van der Waals surface area contributed by atoms with Gasteiger partial charge in [-0.2, -0.15) is 0 Å². The zero-order valence-electron chi connectivity index (χ0n) is 15.4. The van der Waals surface area contributed by atoms with Gasteiger partial charge in [0, 0.05) is 11.6 Å². The topological polar surface area (TPSA) is 39.2 Å². The molecule has 1 aromatic heterocycles. The molecule has 0 aliphatic carbocycles. The minimum absolute atomic E-state index is 0.244. The van der Waals surface area contributed by atoms with Crippen LogP contribution in [-0.2, 0) is 4.79 Å². The van der Waals surface area contributed by atoms with Crippen LogP contribution < -0.4 is 4.74 Å². The van der Waals surface area contributed by atoms with E-state index in [1.54, 1.807) is 18.3 Å². The Morgan fingerprint density at radius 1 is 1.12 bits per heavy atom. The minimum atomic E-state index is -0.551. The molecule has 0 amide bonds. The van der Waals surface area contributed by atoms with E-state index in [1.807, 2.05) is 12.1 Å². The Balaban J connectivity index is 1.87. The molecule has 1 atom stereocenters. The molecule has 0 radical (unpaired) electrons. The Morgan fingerprint density at radius 2 is 1.81 bits per heavy atom. The lowest BCUT2D eigenvalue weighted by atomic mass is 10.1. The van der Waals surface area contributed by atoms with Crippen molar-refractivity contribution < 1.29 is 9.53 Å². The SMILES string of the molecule is CCCCCCCCCCC(Oc1ccc(Cl)c2cccnc12)C(=O)S. The number of pyridine rings is 1. The first-order valence-electron chi connectivity index (χ1n) is 9.56. The summed E-state index contributed by atoms with van der Waals surface area (Å²) in [4.78, 5) is 16.2. The summed E-state index contributed by atoms with van der Waals surface area (Å²) in [6.07, 6.45) is 11.6. The predicted octanol–water partition coefficient (Wildman–Crippen LogP) is 6.62. The van der Waals surface area contributed by atoms with E-state index in [0.717, 1.165) is 18.2 Å². The van der Waals surface area contributed by atoms with Gasteiger partial charge in [0.1, 0.15) is 11.3 Å². The maximum absolute atomic E-state index is 11.9. The molecule has 0 bridgehead atoms. The summed E-state index contributed by atoms with van der Waals surface area (Å²) in [6, 6.07) is 7.28. The molecule has 0 saturated heterocycles. The van der Waals surface area contributed by atoms with Gasteiger partial charge >= 0.3 is 0 Å². The number of fused-ring (bicyclic) bond motifs is 1. The Hall–Kier alpha value is -1.26. The minimum Gasteiger partial charge on any atom is -0.479 e. The fourth-order valence-corrected chi connectivity index (χ4v) is 3.45. The summed E-state index contributed by atoms with van der Waals surface area (Å²) in [6.45, 7) is 2.23. The zero-order valence-corrected chi connectivity index (χ0v) is 17.1. The number of rotatable bonds is 12. The van der Waals surface area contributed by atoms with Gasteiger partial charge in [0.15, 0.2) is 6.10 Å². The van der Waals surface area contributed by atoms with Gasteiger partial charge in [-0.25, -0.2) is 0 Å². The van der Waals surface area contributed by atoms with Crippen molar-refractivity contribution in [1.82, 2.24) is 4.98 Å². The van der Waals surface area contributed by atoms with E-state index in [0.29, 0.717) is 22.7 Å².